The van der Waals surface area contributed by atoms with Crippen LogP contribution in [0, 0.1) is 0 Å². The molecule has 12 heteroatoms. The molecule has 2 aliphatic heterocycles. The van der Waals surface area contributed by atoms with E-state index in [1.165, 1.54) is 0 Å². The molecule has 2 saturated heterocycles. The van der Waals surface area contributed by atoms with Crippen molar-refractivity contribution in [3.05, 3.63) is 0 Å². The fraction of sp³-hybridized carbons (Fsp3) is 1.00. The van der Waals surface area contributed by atoms with E-state index in [4.69, 9.17) is 43.7 Å². The topological polar surface area (TPSA) is 95.5 Å². The molecule has 158 valence electrons. The van der Waals surface area contributed by atoms with Crippen LogP contribution in [-0.2, 0) is 32.6 Å². The summed E-state index contributed by atoms with van der Waals surface area (Å²) in [5.41, 5.74) is 0. The Morgan fingerprint density at radius 3 is 2.43 bits per heavy atom. The van der Waals surface area contributed by atoms with Gasteiger partial charge in [-0.2, -0.15) is 12.6 Å². The highest BCUT2D eigenvalue weighted by Crippen LogP contribution is 2.45. The van der Waals surface area contributed by atoms with Crippen LogP contribution >= 0.6 is 20.5 Å². The molecule has 2 heterocycles. The summed E-state index contributed by atoms with van der Waals surface area (Å²) in [6, 6.07) is -1.32. The Morgan fingerprint density at radius 1 is 1.14 bits per heavy atom. The number of hydrogen-bond donors (Lipinski definition) is 1. The number of rotatable bonds is 10. The van der Waals surface area contributed by atoms with Gasteiger partial charge in [-0.1, -0.05) is 0 Å². The molecule has 0 aromatic heterocycles. The first-order chi connectivity index (χ1) is 13.0. The molecule has 0 amide bonds. The Labute approximate surface area is 175 Å². The van der Waals surface area contributed by atoms with Gasteiger partial charge in [0.15, 0.2) is 0 Å². The second kappa shape index (κ2) is 10.6. The Bertz CT molecular complexity index is 543. The second-order valence-electron chi connectivity index (χ2n) is 7.50. The van der Waals surface area contributed by atoms with Gasteiger partial charge >= 0.3 is 0 Å². The van der Waals surface area contributed by atoms with Crippen molar-refractivity contribution < 1.29 is 37.5 Å². The summed E-state index contributed by atoms with van der Waals surface area (Å²) in [4.78, 5) is 12.4. The van der Waals surface area contributed by atoms with Gasteiger partial charge in [-0.3, -0.25) is 4.57 Å². The van der Waals surface area contributed by atoms with Gasteiger partial charge in [-0.05, 0) is 34.1 Å². The van der Waals surface area contributed by atoms with E-state index in [9.17, 15) is 9.46 Å². The number of hydrogen-bond acceptors (Lipinski definition) is 9. The summed E-state index contributed by atoms with van der Waals surface area (Å²) in [6.45, 7) is 7.31. The van der Waals surface area contributed by atoms with Crippen LogP contribution in [0.5, 0.6) is 0 Å². The molecule has 0 aromatic carbocycles. The van der Waals surface area contributed by atoms with E-state index >= 15 is 0 Å². The van der Waals surface area contributed by atoms with Crippen molar-refractivity contribution in [1.82, 2.24) is 0 Å². The van der Waals surface area contributed by atoms with Crippen molar-refractivity contribution in [2.45, 2.75) is 88.0 Å². The normalized spacial score (nSPS) is 38.4. The third kappa shape index (κ3) is 7.29. The lowest BCUT2D eigenvalue weighted by molar-refractivity contribution is -0.234. The minimum absolute atomic E-state index is 0.0551. The van der Waals surface area contributed by atoms with E-state index in [0.29, 0.717) is 6.42 Å². The first-order valence-corrected chi connectivity index (χ1v) is 11.4. The van der Waals surface area contributed by atoms with Crippen molar-refractivity contribution in [3.8, 4) is 0 Å². The molecule has 2 rings (SSSR count). The van der Waals surface area contributed by atoms with Crippen LogP contribution in [0.3, 0.4) is 0 Å². The quantitative estimate of drug-likeness (QED) is 0.304. The SMILES string of the molecule is [B][C@@H]1O[C@H](COC(C)C)C(OP(=O)([O-])OC[C@H]2O[C@@H]([B])CC2OC(C)C)[C@@H]1S. The maximum Gasteiger partial charge on any atom is 0.268 e. The van der Waals surface area contributed by atoms with Gasteiger partial charge in [-0.25, -0.2) is 0 Å². The Balaban J connectivity index is 1.93. The van der Waals surface area contributed by atoms with Crippen LogP contribution in [0.25, 0.3) is 0 Å². The summed E-state index contributed by atoms with van der Waals surface area (Å²) in [5.74, 6) is 0. The van der Waals surface area contributed by atoms with Gasteiger partial charge < -0.3 is 32.9 Å². The van der Waals surface area contributed by atoms with Crippen LogP contribution in [0.15, 0.2) is 0 Å². The fourth-order valence-electron chi connectivity index (χ4n) is 3.05. The molecule has 8 nitrogen and oxygen atoms in total. The van der Waals surface area contributed by atoms with Gasteiger partial charge in [0.05, 0.1) is 31.5 Å². The number of thiol groups is 1. The monoisotopic (exact) mass is 433 g/mol. The molecular formula is C16H28B2O8PS-. The molecule has 2 aliphatic rings. The Hall–Kier alpha value is 0.430. The lowest BCUT2D eigenvalue weighted by Gasteiger charge is -2.31. The molecule has 3 unspecified atom stereocenters. The second-order valence-corrected chi connectivity index (χ2v) is 9.46. The van der Waals surface area contributed by atoms with E-state index in [2.05, 4.69) is 12.6 Å². The Kier molecular flexibility index (Phi) is 9.39. The molecule has 0 saturated carbocycles. The smallest absolute Gasteiger partial charge is 0.268 e. The molecule has 8 atom stereocenters. The van der Waals surface area contributed by atoms with E-state index in [1.54, 1.807) is 0 Å². The van der Waals surface area contributed by atoms with Crippen molar-refractivity contribution >= 4 is 36.1 Å². The van der Waals surface area contributed by atoms with Crippen LogP contribution in [0.4, 0.5) is 0 Å². The molecule has 4 radical (unpaired) electrons. The maximum atomic E-state index is 12.4. The summed E-state index contributed by atoms with van der Waals surface area (Å²) >= 11 is 4.31. The Morgan fingerprint density at radius 2 is 1.82 bits per heavy atom. The first-order valence-electron chi connectivity index (χ1n) is 9.39. The van der Waals surface area contributed by atoms with Crippen molar-refractivity contribution in [2.75, 3.05) is 13.2 Å². The zero-order chi connectivity index (χ0) is 21.1. The van der Waals surface area contributed by atoms with E-state index in [0.717, 1.165) is 0 Å². The predicted molar refractivity (Wildman–Crippen MR) is 106 cm³/mol. The summed E-state index contributed by atoms with van der Waals surface area (Å²) in [7, 11) is 6.91. The van der Waals surface area contributed by atoms with E-state index in [-0.39, 0.29) is 31.5 Å². The minimum atomic E-state index is -4.69. The zero-order valence-corrected chi connectivity index (χ0v) is 18.4. The lowest BCUT2D eigenvalue weighted by atomic mass is 9.95. The average Bonchev–Trinajstić information content (AvgIpc) is 3.04. The highest BCUT2D eigenvalue weighted by Gasteiger charge is 2.43. The highest BCUT2D eigenvalue weighted by molar-refractivity contribution is 7.81. The summed E-state index contributed by atoms with van der Waals surface area (Å²) in [5, 5.41) is -0.653. The van der Waals surface area contributed by atoms with Crippen LogP contribution in [-0.4, -0.2) is 82.8 Å². The van der Waals surface area contributed by atoms with Crippen molar-refractivity contribution in [1.29, 1.82) is 0 Å². The van der Waals surface area contributed by atoms with E-state index < -0.39 is 43.4 Å². The van der Waals surface area contributed by atoms with Crippen LogP contribution in [0.2, 0.25) is 0 Å². The minimum Gasteiger partial charge on any atom is -0.756 e. The molecular weight excluding hydrogens is 405 g/mol. The van der Waals surface area contributed by atoms with E-state index in [1.807, 2.05) is 27.7 Å². The standard InChI is InChI=1S/C16H29B2O8PS/c1-8(2)21-6-12-14(15(28)16(18)25-12)26-27(19,20)22-7-11-10(23-9(3)4)5-13(17)24-11/h8-16,28H,5-7H2,1-4H3,(H,19,20)/p-1/t10?,11-,12-,13-,14?,15+,16-/m1/s1. The third-order valence-corrected chi connectivity index (χ3v) is 5.84. The molecule has 2 fully saturated rings. The third-order valence-electron chi connectivity index (χ3n) is 4.29. The molecule has 28 heavy (non-hydrogen) atoms. The fourth-order valence-corrected chi connectivity index (χ4v) is 4.42. The van der Waals surface area contributed by atoms with Gasteiger partial charge in [0.1, 0.15) is 34.0 Å². The summed E-state index contributed by atoms with van der Waals surface area (Å²) < 4.78 is 44.8. The van der Waals surface area contributed by atoms with Crippen LogP contribution in [0.1, 0.15) is 34.1 Å². The molecule has 0 bridgehead atoms. The van der Waals surface area contributed by atoms with Gasteiger partial charge in [0, 0.05) is 17.3 Å². The number of phosphoric acid groups is 1. The predicted octanol–water partition coefficient (Wildman–Crippen LogP) is 0.551. The van der Waals surface area contributed by atoms with Gasteiger partial charge in [-0.15, -0.1) is 0 Å². The molecule has 0 aromatic rings. The lowest BCUT2D eigenvalue weighted by Crippen LogP contribution is -2.37. The number of ether oxygens (including phenoxy) is 4. The van der Waals surface area contributed by atoms with Crippen molar-refractivity contribution in [2.24, 2.45) is 0 Å². The number of phosphoric ester groups is 1. The summed E-state index contributed by atoms with van der Waals surface area (Å²) in [6.07, 6.45) is -2.25. The molecule has 0 N–H and O–H groups in total. The zero-order valence-electron chi connectivity index (χ0n) is 16.6. The average molecular weight is 433 g/mol. The van der Waals surface area contributed by atoms with Crippen LogP contribution < -0.4 is 4.89 Å². The molecule has 0 spiro atoms. The maximum absolute atomic E-state index is 12.4. The highest BCUT2D eigenvalue weighted by atomic mass is 32.1. The first kappa shape index (κ1) is 24.7. The van der Waals surface area contributed by atoms with Gasteiger partial charge in [0.2, 0.25) is 0 Å². The molecule has 0 aliphatic carbocycles. The van der Waals surface area contributed by atoms with Crippen molar-refractivity contribution in [3.63, 3.8) is 0 Å². The van der Waals surface area contributed by atoms with Gasteiger partial charge in [0.25, 0.3) is 7.82 Å². The largest absolute Gasteiger partial charge is 0.756 e.